The van der Waals surface area contributed by atoms with Crippen LogP contribution in [0.4, 0.5) is 0 Å². The third kappa shape index (κ3) is 3.65. The molecule has 0 N–H and O–H groups in total. The van der Waals surface area contributed by atoms with Gasteiger partial charge < -0.3 is 4.42 Å². The van der Waals surface area contributed by atoms with Gasteiger partial charge in [0, 0.05) is 21.9 Å². The zero-order valence-electron chi connectivity index (χ0n) is 37.3. The Hall–Kier alpha value is -5.66. The molecule has 0 aliphatic heterocycles. The van der Waals surface area contributed by atoms with Crippen molar-refractivity contribution in [3.05, 3.63) is 157 Å². The Morgan fingerprint density at radius 3 is 1.81 bits per heavy atom. The predicted molar refractivity (Wildman–Crippen MR) is 183 cm³/mol. The van der Waals surface area contributed by atoms with Crippen molar-refractivity contribution < 1.29 is 25.0 Å². The van der Waals surface area contributed by atoms with Crippen molar-refractivity contribution in [3.8, 4) is 33.4 Å². The molecule has 200 valence electrons. The van der Waals surface area contributed by atoms with Gasteiger partial charge in [0.25, 0.3) is 0 Å². The first-order chi connectivity index (χ1) is 27.6. The Morgan fingerprint density at radius 1 is 0.442 bits per heavy atom. The molecule has 0 radical (unpaired) electrons. The molecule has 0 unspecified atom stereocenters. The van der Waals surface area contributed by atoms with E-state index in [2.05, 4.69) is 0 Å². The molecule has 1 heteroatoms. The van der Waals surface area contributed by atoms with E-state index in [9.17, 15) is 8.22 Å². The molecule has 0 aliphatic rings. The largest absolute Gasteiger partial charge is 0.455 e. The van der Waals surface area contributed by atoms with Gasteiger partial charge in [0.15, 0.2) is 0 Å². The summed E-state index contributed by atoms with van der Waals surface area (Å²) in [6.45, 7) is 0. The van der Waals surface area contributed by atoms with Crippen LogP contribution in [0, 0.1) is 0 Å². The molecule has 1 aromatic heterocycles. The molecule has 0 saturated carbocycles. The van der Waals surface area contributed by atoms with Gasteiger partial charge in [-0.2, -0.15) is 0 Å². The average Bonchev–Trinajstić information content (AvgIpc) is 3.62. The molecule has 0 bridgehead atoms. The molecule has 43 heavy (non-hydrogen) atoms. The molecule has 9 aromatic rings. The molecule has 8 aromatic carbocycles. The predicted octanol–water partition coefficient (Wildman–Crippen LogP) is 12.0. The lowest BCUT2D eigenvalue weighted by molar-refractivity contribution is 0.670. The molecule has 1 nitrogen and oxygen atoms in total. The summed E-state index contributed by atoms with van der Waals surface area (Å²) in [7, 11) is 0. The van der Waals surface area contributed by atoms with Crippen molar-refractivity contribution in [2.24, 2.45) is 0 Å². The van der Waals surface area contributed by atoms with Crippen LogP contribution < -0.4 is 0 Å². The normalized spacial score (nSPS) is 16.6. The topological polar surface area (TPSA) is 13.1 Å². The van der Waals surface area contributed by atoms with Gasteiger partial charge in [-0.3, -0.25) is 0 Å². The van der Waals surface area contributed by atoms with Crippen molar-refractivity contribution >= 4 is 54.3 Å². The van der Waals surface area contributed by atoms with Crippen LogP contribution in [0.3, 0.4) is 0 Å². The highest BCUT2D eigenvalue weighted by atomic mass is 16.3. The number of fused-ring (bicyclic) bond motifs is 6. The van der Waals surface area contributed by atoms with Gasteiger partial charge in [0.05, 0.1) is 20.6 Å². The summed E-state index contributed by atoms with van der Waals surface area (Å²) < 4.78 is 141. The smallest absolute Gasteiger partial charge is 0.143 e. The van der Waals surface area contributed by atoms with E-state index in [0.29, 0.717) is 11.0 Å². The molecular formula is C42H26O. The van der Waals surface area contributed by atoms with E-state index in [1.54, 1.807) is 18.2 Å². The Kier molecular flexibility index (Phi) is 2.97. The maximum Gasteiger partial charge on any atom is 0.143 e. The monoisotopic (exact) mass is 561 g/mol. The average molecular weight is 562 g/mol. The van der Waals surface area contributed by atoms with E-state index in [1.165, 1.54) is 0 Å². The minimum atomic E-state index is -0.745. The van der Waals surface area contributed by atoms with E-state index in [-0.39, 0.29) is 43.8 Å². The number of furan rings is 1. The molecule has 0 aliphatic carbocycles. The first-order valence-electron chi connectivity index (χ1n) is 21.1. The van der Waals surface area contributed by atoms with Gasteiger partial charge in [0.1, 0.15) is 11.2 Å². The summed E-state index contributed by atoms with van der Waals surface area (Å²) in [6, 6.07) is 10.2. The van der Waals surface area contributed by atoms with Crippen molar-refractivity contribution in [1.82, 2.24) is 0 Å². The third-order valence-electron chi connectivity index (χ3n) is 7.75. The number of para-hydroxylation sites is 1. The van der Waals surface area contributed by atoms with Crippen LogP contribution in [0.5, 0.6) is 0 Å². The standard InChI is InChI=1S/C42H26O/c1-2-13-28(14-3-1)31-20-11-23-38-41(31)37-22-10-21-36(42(37)43-38)40-34-18-8-6-16-32(34)39(33-17-7-9-19-35(33)40)30-25-24-27-12-4-5-15-29(27)26-30/h1-26H/i4D,5D,6D,7D,8D,9D,12D,15D,16D,17D,18D,19D,24D,25D,26D. The van der Waals surface area contributed by atoms with Crippen LogP contribution in [0.25, 0.3) is 87.6 Å². The van der Waals surface area contributed by atoms with Crippen LogP contribution in [0.2, 0.25) is 0 Å². The van der Waals surface area contributed by atoms with Gasteiger partial charge in [-0.05, 0) is 66.7 Å². The molecule has 0 spiro atoms. The minimum Gasteiger partial charge on any atom is -0.455 e. The van der Waals surface area contributed by atoms with Gasteiger partial charge in [-0.25, -0.2) is 0 Å². The van der Waals surface area contributed by atoms with Gasteiger partial charge in [-0.15, -0.1) is 0 Å². The van der Waals surface area contributed by atoms with Crippen LogP contribution in [-0.4, -0.2) is 0 Å². The highest BCUT2D eigenvalue weighted by Gasteiger charge is 2.21. The van der Waals surface area contributed by atoms with E-state index >= 15 is 0 Å². The van der Waals surface area contributed by atoms with Crippen LogP contribution in [0.1, 0.15) is 20.6 Å². The third-order valence-corrected chi connectivity index (χ3v) is 7.75. The van der Waals surface area contributed by atoms with Gasteiger partial charge >= 0.3 is 0 Å². The van der Waals surface area contributed by atoms with E-state index in [1.807, 2.05) is 48.5 Å². The zero-order chi connectivity index (χ0) is 41.4. The minimum absolute atomic E-state index is 0.0227. The number of rotatable bonds is 3. The molecule has 0 saturated heterocycles. The maximum atomic E-state index is 9.44. The number of hydrogen-bond donors (Lipinski definition) is 0. The molecule has 0 amide bonds. The van der Waals surface area contributed by atoms with E-state index < -0.39 is 107 Å². The summed E-state index contributed by atoms with van der Waals surface area (Å²) in [5, 5.41) is -0.563. The first-order valence-corrected chi connectivity index (χ1v) is 13.6. The molecule has 0 fully saturated rings. The fraction of sp³-hybridized carbons (Fsp3) is 0. The molecule has 0 atom stereocenters. The van der Waals surface area contributed by atoms with Gasteiger partial charge in [-0.1, -0.05) is 145 Å². The molecule has 1 heterocycles. The van der Waals surface area contributed by atoms with Crippen molar-refractivity contribution in [2.75, 3.05) is 0 Å². The van der Waals surface area contributed by atoms with Crippen LogP contribution in [-0.2, 0) is 0 Å². The summed E-state index contributed by atoms with van der Waals surface area (Å²) in [4.78, 5) is 0. The Balaban J connectivity index is 1.58. The number of benzene rings is 8. The van der Waals surface area contributed by atoms with E-state index in [0.717, 1.165) is 16.5 Å². The zero-order valence-corrected chi connectivity index (χ0v) is 22.3. The Bertz CT molecular complexity index is 3260. The highest BCUT2D eigenvalue weighted by molar-refractivity contribution is 6.25. The van der Waals surface area contributed by atoms with Crippen molar-refractivity contribution in [1.29, 1.82) is 0 Å². The SMILES string of the molecule is [2H]c1c([2H])c([2H])c2c([2H])c(-c3c4c([2H])c([2H])c([2H])c([2H])c4c(-c4cccc5c4oc4cccc(-c6ccccc6)c45)c4c([2H])c([2H])c([2H])c([2H])c34)c([2H])c([2H])c2c1[2H]. The first kappa shape index (κ1) is 13.5. The second-order valence-electron chi connectivity index (χ2n) is 10.1. The Morgan fingerprint density at radius 2 is 1.07 bits per heavy atom. The van der Waals surface area contributed by atoms with Gasteiger partial charge in [0.2, 0.25) is 0 Å². The summed E-state index contributed by atoms with van der Waals surface area (Å²) >= 11 is 0. The molecule has 9 rings (SSSR count). The maximum absolute atomic E-state index is 9.44. The van der Waals surface area contributed by atoms with Crippen LogP contribution in [0.15, 0.2) is 162 Å². The fourth-order valence-electron chi connectivity index (χ4n) is 5.95. The summed E-state index contributed by atoms with van der Waals surface area (Å²) in [6.07, 6.45) is 0. The number of hydrogen-bond acceptors (Lipinski definition) is 1. The Labute approximate surface area is 270 Å². The lowest BCUT2D eigenvalue weighted by Gasteiger charge is -2.18. The lowest BCUT2D eigenvalue weighted by Crippen LogP contribution is -1.91. The van der Waals surface area contributed by atoms with Crippen molar-refractivity contribution in [3.63, 3.8) is 0 Å². The second-order valence-corrected chi connectivity index (χ2v) is 10.1. The van der Waals surface area contributed by atoms with E-state index in [4.69, 9.17) is 16.8 Å². The second kappa shape index (κ2) is 9.44. The highest BCUT2D eigenvalue weighted by Crippen LogP contribution is 2.47. The quantitative estimate of drug-likeness (QED) is 0.196. The molecular weight excluding hydrogens is 520 g/mol. The van der Waals surface area contributed by atoms with Crippen molar-refractivity contribution in [2.45, 2.75) is 0 Å². The van der Waals surface area contributed by atoms with Crippen LogP contribution >= 0.6 is 0 Å². The fourth-order valence-corrected chi connectivity index (χ4v) is 5.95. The summed E-state index contributed by atoms with van der Waals surface area (Å²) in [5.41, 5.74) is 1.81. The summed E-state index contributed by atoms with van der Waals surface area (Å²) in [5.74, 6) is 0. The lowest BCUT2D eigenvalue weighted by atomic mass is 9.85.